The Bertz CT molecular complexity index is 711. The fraction of sp³-hybridized carbons (Fsp3) is 0.611. The highest BCUT2D eigenvalue weighted by Crippen LogP contribution is 2.26. The Balaban J connectivity index is 1.72. The van der Waals surface area contributed by atoms with Crippen molar-refractivity contribution in [1.82, 2.24) is 24.2 Å². The van der Waals surface area contributed by atoms with Gasteiger partial charge in [0.1, 0.15) is 5.82 Å². The summed E-state index contributed by atoms with van der Waals surface area (Å²) in [5.74, 6) is 0.782. The highest BCUT2D eigenvalue weighted by molar-refractivity contribution is 5.73. The Kier molecular flexibility index (Phi) is 5.22. The first kappa shape index (κ1) is 17.7. The molecule has 0 radical (unpaired) electrons. The first-order valence-corrected chi connectivity index (χ1v) is 9.03. The number of rotatable bonds is 8. The Morgan fingerprint density at radius 3 is 2.80 bits per heavy atom. The number of hydrogen-bond donors (Lipinski definition) is 1. The predicted octanol–water partition coefficient (Wildman–Crippen LogP) is 1.71. The molecule has 2 aromatic rings. The van der Waals surface area contributed by atoms with Crippen molar-refractivity contribution in [1.29, 1.82) is 0 Å². The Morgan fingerprint density at radius 2 is 2.08 bits per heavy atom. The predicted molar refractivity (Wildman–Crippen MR) is 96.5 cm³/mol. The summed E-state index contributed by atoms with van der Waals surface area (Å²) in [6.07, 6.45) is 11.4. The zero-order valence-corrected chi connectivity index (χ0v) is 15.2. The fourth-order valence-corrected chi connectivity index (χ4v) is 3.60. The van der Waals surface area contributed by atoms with Gasteiger partial charge in [-0.05, 0) is 32.4 Å². The van der Waals surface area contributed by atoms with E-state index in [1.807, 2.05) is 29.5 Å². The number of hydrogen-bond acceptors (Lipinski definition) is 4. The van der Waals surface area contributed by atoms with Crippen LogP contribution in [0.25, 0.3) is 5.69 Å². The third-order valence-electron chi connectivity index (χ3n) is 4.77. The molecule has 25 heavy (non-hydrogen) atoms. The average Bonchev–Trinajstić information content (AvgIpc) is 3.27. The number of imidazole rings is 1. The molecular formula is C18H28N6O. The summed E-state index contributed by atoms with van der Waals surface area (Å²) >= 11 is 0. The summed E-state index contributed by atoms with van der Waals surface area (Å²) in [5.41, 5.74) is 6.15. The number of aromatic nitrogens is 4. The normalized spacial score (nSPS) is 15.8. The van der Waals surface area contributed by atoms with E-state index in [2.05, 4.69) is 33.4 Å². The molecule has 1 saturated heterocycles. The third kappa shape index (κ3) is 4.28. The van der Waals surface area contributed by atoms with Crippen LogP contribution in [-0.4, -0.2) is 49.8 Å². The lowest BCUT2D eigenvalue weighted by Gasteiger charge is -2.29. The number of carbonyl (C=O) groups excluding carboxylic acids is 1. The highest BCUT2D eigenvalue weighted by atomic mass is 16.1. The van der Waals surface area contributed by atoms with Crippen LogP contribution in [0.15, 0.2) is 24.8 Å². The summed E-state index contributed by atoms with van der Waals surface area (Å²) < 4.78 is 3.98. The average molecular weight is 344 g/mol. The van der Waals surface area contributed by atoms with Gasteiger partial charge in [-0.1, -0.05) is 13.8 Å². The minimum Gasteiger partial charge on any atom is -0.370 e. The van der Waals surface area contributed by atoms with Gasteiger partial charge in [0.25, 0.3) is 0 Å². The largest absolute Gasteiger partial charge is 0.370 e. The smallest absolute Gasteiger partial charge is 0.217 e. The van der Waals surface area contributed by atoms with Gasteiger partial charge in [-0.25, -0.2) is 4.98 Å². The van der Waals surface area contributed by atoms with Crippen LogP contribution in [0.2, 0.25) is 0 Å². The molecule has 1 fully saturated rings. The molecule has 1 amide bonds. The van der Waals surface area contributed by atoms with Gasteiger partial charge >= 0.3 is 0 Å². The van der Waals surface area contributed by atoms with Crippen LogP contribution < -0.4 is 5.73 Å². The molecule has 3 rings (SSSR count). The number of carbonyl (C=O) groups is 1. The molecule has 1 aliphatic rings. The lowest BCUT2D eigenvalue weighted by atomic mass is 9.91. The van der Waals surface area contributed by atoms with Gasteiger partial charge in [0.2, 0.25) is 5.91 Å². The van der Waals surface area contributed by atoms with Crippen molar-refractivity contribution in [2.75, 3.05) is 19.6 Å². The number of primary amides is 1. The lowest BCUT2D eigenvalue weighted by Crippen LogP contribution is -2.37. The quantitative estimate of drug-likeness (QED) is 0.790. The number of amides is 1. The maximum absolute atomic E-state index is 10.9. The number of aryl methyl sites for hydroxylation is 1. The maximum atomic E-state index is 10.9. The Morgan fingerprint density at radius 1 is 1.32 bits per heavy atom. The molecule has 0 unspecified atom stereocenters. The van der Waals surface area contributed by atoms with E-state index in [1.165, 1.54) is 25.9 Å². The Labute approximate surface area is 148 Å². The summed E-state index contributed by atoms with van der Waals surface area (Å²) in [4.78, 5) is 18.0. The van der Waals surface area contributed by atoms with Crippen LogP contribution in [0, 0.1) is 0 Å². The number of nitrogens with two attached hydrogens (primary N) is 1. The van der Waals surface area contributed by atoms with E-state index < -0.39 is 0 Å². The molecular weight excluding hydrogens is 316 g/mol. The molecule has 0 aliphatic carbocycles. The highest BCUT2D eigenvalue weighted by Gasteiger charge is 2.30. The van der Waals surface area contributed by atoms with Crippen molar-refractivity contribution in [2.45, 2.75) is 51.5 Å². The van der Waals surface area contributed by atoms with Gasteiger partial charge in [-0.3, -0.25) is 9.48 Å². The molecule has 0 bridgehead atoms. The third-order valence-corrected chi connectivity index (χ3v) is 4.77. The second-order valence-corrected chi connectivity index (χ2v) is 7.52. The molecule has 0 saturated carbocycles. The molecule has 2 N–H and O–H groups in total. The number of likely N-dealkylation sites (tertiary alicyclic amines) is 1. The van der Waals surface area contributed by atoms with E-state index in [1.54, 1.807) is 0 Å². The minimum absolute atomic E-state index is 0.0398. The summed E-state index contributed by atoms with van der Waals surface area (Å²) in [6.45, 7) is 8.56. The van der Waals surface area contributed by atoms with Gasteiger partial charge in [-0.15, -0.1) is 0 Å². The van der Waals surface area contributed by atoms with Crippen molar-refractivity contribution < 1.29 is 4.79 Å². The van der Waals surface area contributed by atoms with E-state index in [-0.39, 0.29) is 11.3 Å². The zero-order valence-electron chi connectivity index (χ0n) is 15.2. The van der Waals surface area contributed by atoms with Gasteiger partial charge in [0.05, 0.1) is 11.9 Å². The van der Waals surface area contributed by atoms with E-state index in [0.717, 1.165) is 18.1 Å². The van der Waals surface area contributed by atoms with Gasteiger partial charge < -0.3 is 15.2 Å². The summed E-state index contributed by atoms with van der Waals surface area (Å²) in [6, 6.07) is 0. The first-order chi connectivity index (χ1) is 12.0. The van der Waals surface area contributed by atoms with Gasteiger partial charge in [-0.2, -0.15) is 5.10 Å². The maximum Gasteiger partial charge on any atom is 0.217 e. The van der Waals surface area contributed by atoms with Crippen molar-refractivity contribution in [2.24, 2.45) is 5.73 Å². The van der Waals surface area contributed by atoms with Crippen LogP contribution in [0.4, 0.5) is 0 Å². The Hall–Kier alpha value is -2.15. The molecule has 0 spiro atoms. The van der Waals surface area contributed by atoms with E-state index in [9.17, 15) is 4.79 Å². The van der Waals surface area contributed by atoms with Crippen molar-refractivity contribution >= 4 is 5.91 Å². The minimum atomic E-state index is -0.270. The molecule has 0 atom stereocenters. The second-order valence-electron chi connectivity index (χ2n) is 7.52. The van der Waals surface area contributed by atoms with E-state index in [0.29, 0.717) is 19.4 Å². The fourth-order valence-electron chi connectivity index (χ4n) is 3.60. The molecule has 1 aliphatic heterocycles. The van der Waals surface area contributed by atoms with Crippen LogP contribution in [0.3, 0.4) is 0 Å². The molecule has 7 nitrogen and oxygen atoms in total. The standard InChI is InChI=1S/C18H28N6O/c1-18(2,14-22-8-3-4-9-22)17-20-7-11-24(17)15-12-21-23(13-15)10-5-6-16(19)25/h7,11-13H,3-6,8-10,14H2,1-2H3,(H2,19,25). The van der Waals surface area contributed by atoms with Crippen LogP contribution in [-0.2, 0) is 16.8 Å². The molecule has 3 heterocycles. The topological polar surface area (TPSA) is 82.0 Å². The molecule has 0 aromatic carbocycles. The van der Waals surface area contributed by atoms with Gasteiger partial charge in [0, 0.05) is 43.5 Å². The second kappa shape index (κ2) is 7.39. The van der Waals surface area contributed by atoms with Crippen LogP contribution in [0.1, 0.15) is 45.4 Å². The van der Waals surface area contributed by atoms with E-state index in [4.69, 9.17) is 5.73 Å². The number of nitrogens with zero attached hydrogens (tertiary/aromatic N) is 5. The lowest BCUT2D eigenvalue weighted by molar-refractivity contribution is -0.118. The first-order valence-electron chi connectivity index (χ1n) is 9.03. The van der Waals surface area contributed by atoms with Crippen LogP contribution >= 0.6 is 0 Å². The molecule has 136 valence electrons. The van der Waals surface area contributed by atoms with Crippen molar-refractivity contribution in [3.8, 4) is 5.69 Å². The molecule has 2 aromatic heterocycles. The summed E-state index contributed by atoms with van der Waals surface area (Å²) in [7, 11) is 0. The SMILES string of the molecule is CC(C)(CN1CCCC1)c1nccn1-c1cnn(CCCC(N)=O)c1. The van der Waals surface area contributed by atoms with Gasteiger partial charge in [0.15, 0.2) is 0 Å². The van der Waals surface area contributed by atoms with Crippen molar-refractivity contribution in [3.05, 3.63) is 30.6 Å². The van der Waals surface area contributed by atoms with Crippen molar-refractivity contribution in [3.63, 3.8) is 0 Å². The monoisotopic (exact) mass is 344 g/mol. The summed E-state index contributed by atoms with van der Waals surface area (Å²) in [5, 5.41) is 4.40. The zero-order chi connectivity index (χ0) is 17.9. The van der Waals surface area contributed by atoms with Crippen LogP contribution in [0.5, 0.6) is 0 Å². The van der Waals surface area contributed by atoms with E-state index >= 15 is 0 Å². The molecule has 7 heteroatoms.